The van der Waals surface area contributed by atoms with Gasteiger partial charge in [-0.05, 0) is 43.2 Å². The van der Waals surface area contributed by atoms with Gasteiger partial charge in [-0.15, -0.1) is 11.8 Å². The van der Waals surface area contributed by atoms with Crippen LogP contribution in [0.5, 0.6) is 0 Å². The van der Waals surface area contributed by atoms with Gasteiger partial charge in [0.25, 0.3) is 0 Å². The number of nitrogens with one attached hydrogen (secondary N) is 1. The van der Waals surface area contributed by atoms with Crippen molar-refractivity contribution in [2.75, 3.05) is 24.2 Å². The minimum absolute atomic E-state index is 0.119. The molecule has 1 heterocycles. The number of piperidine rings is 1. The van der Waals surface area contributed by atoms with Crippen LogP contribution in [0.25, 0.3) is 0 Å². The molecule has 0 aromatic heterocycles. The van der Waals surface area contributed by atoms with Gasteiger partial charge in [0, 0.05) is 35.8 Å². The fourth-order valence-corrected chi connectivity index (χ4v) is 5.43. The maximum Gasteiger partial charge on any atom is 0.243 e. The number of hydrogen-bond donors (Lipinski definition) is 1. The summed E-state index contributed by atoms with van der Waals surface area (Å²) in [4.78, 5) is 13.5. The van der Waals surface area contributed by atoms with E-state index in [2.05, 4.69) is 5.32 Å². The predicted octanol–water partition coefficient (Wildman–Crippen LogP) is 3.98. The first-order valence-corrected chi connectivity index (χ1v) is 11.6. The first kappa shape index (κ1) is 19.9. The molecule has 5 nitrogen and oxygen atoms in total. The Balaban J connectivity index is 1.57. The number of amides is 1. The van der Waals surface area contributed by atoms with Gasteiger partial charge in [0.05, 0.1) is 4.90 Å². The third-order valence-corrected chi connectivity index (χ3v) is 7.32. The molecular weight excluding hydrogens is 380 g/mol. The van der Waals surface area contributed by atoms with E-state index >= 15 is 0 Å². The van der Waals surface area contributed by atoms with Crippen molar-refractivity contribution < 1.29 is 13.2 Å². The molecule has 2 aromatic carbocycles. The van der Waals surface area contributed by atoms with Gasteiger partial charge >= 0.3 is 0 Å². The van der Waals surface area contributed by atoms with Gasteiger partial charge < -0.3 is 5.32 Å². The highest BCUT2D eigenvalue weighted by atomic mass is 32.2. The molecule has 1 amide bonds. The summed E-state index contributed by atoms with van der Waals surface area (Å²) in [7, 11) is -3.50. The zero-order valence-electron chi connectivity index (χ0n) is 15.1. The lowest BCUT2D eigenvalue weighted by Gasteiger charge is -2.26. The van der Waals surface area contributed by atoms with E-state index in [1.165, 1.54) is 4.31 Å². The molecule has 0 atom stereocenters. The molecule has 1 aliphatic rings. The van der Waals surface area contributed by atoms with Crippen LogP contribution in [-0.2, 0) is 14.8 Å². The summed E-state index contributed by atoms with van der Waals surface area (Å²) in [6.07, 6.45) is 3.23. The molecule has 1 fully saturated rings. The summed E-state index contributed by atoms with van der Waals surface area (Å²) in [6.45, 7) is 1.13. The molecule has 27 heavy (non-hydrogen) atoms. The van der Waals surface area contributed by atoms with Crippen molar-refractivity contribution in [2.45, 2.75) is 35.5 Å². The van der Waals surface area contributed by atoms with Crippen molar-refractivity contribution in [1.82, 2.24) is 4.31 Å². The van der Waals surface area contributed by atoms with Crippen molar-refractivity contribution in [2.24, 2.45) is 0 Å². The molecule has 0 aliphatic carbocycles. The van der Waals surface area contributed by atoms with Crippen LogP contribution in [0.4, 0.5) is 5.69 Å². The molecule has 1 N–H and O–H groups in total. The smallest absolute Gasteiger partial charge is 0.243 e. The second-order valence-electron chi connectivity index (χ2n) is 6.45. The standard InChI is InChI=1S/C20H24N2O3S2/c23-20(12-15-26-18-9-3-1-4-10-18)21-17-8-7-11-19(16-17)27(24,25)22-13-5-2-6-14-22/h1,3-4,7-11,16H,2,5-6,12-15H2,(H,21,23). The summed E-state index contributed by atoms with van der Waals surface area (Å²) < 4.78 is 27.1. The number of benzene rings is 2. The largest absolute Gasteiger partial charge is 0.326 e. The number of sulfonamides is 1. The van der Waals surface area contributed by atoms with Gasteiger partial charge in [-0.2, -0.15) is 4.31 Å². The van der Waals surface area contributed by atoms with Gasteiger partial charge in [-0.25, -0.2) is 8.42 Å². The molecule has 2 aromatic rings. The van der Waals surface area contributed by atoms with E-state index in [-0.39, 0.29) is 10.8 Å². The maximum atomic E-state index is 12.8. The highest BCUT2D eigenvalue weighted by molar-refractivity contribution is 7.99. The number of carbonyl (C=O) groups excluding carboxylic acids is 1. The van der Waals surface area contributed by atoms with Crippen LogP contribution in [0.3, 0.4) is 0 Å². The van der Waals surface area contributed by atoms with E-state index < -0.39 is 10.0 Å². The molecule has 0 bridgehead atoms. The Hall–Kier alpha value is -1.83. The van der Waals surface area contributed by atoms with Crippen LogP contribution in [0.15, 0.2) is 64.4 Å². The number of rotatable bonds is 7. The third-order valence-electron chi connectivity index (χ3n) is 4.41. The molecular formula is C20H24N2O3S2. The molecule has 1 aliphatic heterocycles. The van der Waals surface area contributed by atoms with E-state index in [1.54, 1.807) is 36.0 Å². The topological polar surface area (TPSA) is 66.5 Å². The predicted molar refractivity (Wildman–Crippen MR) is 109 cm³/mol. The van der Waals surface area contributed by atoms with Crippen LogP contribution >= 0.6 is 11.8 Å². The second kappa shape index (κ2) is 9.39. The summed E-state index contributed by atoms with van der Waals surface area (Å²) in [5.41, 5.74) is 0.516. The number of anilines is 1. The average Bonchev–Trinajstić information content (AvgIpc) is 2.70. The lowest BCUT2D eigenvalue weighted by Crippen LogP contribution is -2.35. The SMILES string of the molecule is O=C(CCSc1ccccc1)Nc1cccc(S(=O)(=O)N2CCCCC2)c1. The molecule has 3 rings (SSSR count). The lowest BCUT2D eigenvalue weighted by atomic mass is 10.2. The minimum atomic E-state index is -3.50. The van der Waals surface area contributed by atoms with E-state index in [9.17, 15) is 13.2 Å². The summed E-state index contributed by atoms with van der Waals surface area (Å²) in [5, 5.41) is 2.81. The lowest BCUT2D eigenvalue weighted by molar-refractivity contribution is -0.115. The Morgan fingerprint density at radius 1 is 1.00 bits per heavy atom. The molecule has 0 saturated carbocycles. The van der Waals surface area contributed by atoms with Gasteiger partial charge in [-0.1, -0.05) is 30.7 Å². The first-order valence-electron chi connectivity index (χ1n) is 9.14. The number of hydrogen-bond acceptors (Lipinski definition) is 4. The van der Waals surface area contributed by atoms with Crippen molar-refractivity contribution in [3.05, 3.63) is 54.6 Å². The normalized spacial score (nSPS) is 15.4. The summed E-state index contributed by atoms with van der Waals surface area (Å²) in [5.74, 6) is 0.549. The molecule has 0 unspecified atom stereocenters. The zero-order chi connectivity index (χ0) is 19.1. The summed E-state index contributed by atoms with van der Waals surface area (Å²) in [6, 6.07) is 16.4. The van der Waals surface area contributed by atoms with Crippen LogP contribution in [0, 0.1) is 0 Å². The fraction of sp³-hybridized carbons (Fsp3) is 0.350. The van der Waals surface area contributed by atoms with E-state index in [4.69, 9.17) is 0 Å². The van der Waals surface area contributed by atoms with E-state index in [1.807, 2.05) is 30.3 Å². The Labute approximate surface area is 165 Å². The Bertz CT molecular complexity index is 864. The third kappa shape index (κ3) is 5.57. The molecule has 0 radical (unpaired) electrons. The van der Waals surface area contributed by atoms with Crippen LogP contribution < -0.4 is 5.32 Å². The van der Waals surface area contributed by atoms with Crippen LogP contribution in [0.2, 0.25) is 0 Å². The first-order chi connectivity index (χ1) is 13.1. The van der Waals surface area contributed by atoms with Gasteiger partial charge in [0.2, 0.25) is 15.9 Å². The zero-order valence-corrected chi connectivity index (χ0v) is 16.8. The van der Waals surface area contributed by atoms with Crippen LogP contribution in [0.1, 0.15) is 25.7 Å². The molecule has 7 heteroatoms. The Morgan fingerprint density at radius 3 is 2.48 bits per heavy atom. The van der Waals surface area contributed by atoms with Gasteiger partial charge in [0.1, 0.15) is 0 Å². The van der Waals surface area contributed by atoms with E-state index in [0.717, 1.165) is 24.2 Å². The van der Waals surface area contributed by atoms with Crippen LogP contribution in [-0.4, -0.2) is 37.5 Å². The quantitative estimate of drug-likeness (QED) is 0.709. The highest BCUT2D eigenvalue weighted by Crippen LogP contribution is 2.23. The Kier molecular flexibility index (Phi) is 6.93. The molecule has 0 spiro atoms. The Morgan fingerprint density at radius 2 is 1.74 bits per heavy atom. The second-order valence-corrected chi connectivity index (χ2v) is 9.56. The van der Waals surface area contributed by atoms with Crippen molar-refractivity contribution in [1.29, 1.82) is 0 Å². The number of nitrogens with zero attached hydrogens (tertiary/aromatic N) is 1. The average molecular weight is 405 g/mol. The molecule has 144 valence electrons. The number of carbonyl (C=O) groups is 1. The van der Waals surface area contributed by atoms with E-state index in [0.29, 0.717) is 31.0 Å². The highest BCUT2D eigenvalue weighted by Gasteiger charge is 2.26. The van der Waals surface area contributed by atoms with Gasteiger partial charge in [-0.3, -0.25) is 4.79 Å². The molecule has 1 saturated heterocycles. The monoisotopic (exact) mass is 404 g/mol. The van der Waals surface area contributed by atoms with Crippen molar-refractivity contribution >= 4 is 33.4 Å². The van der Waals surface area contributed by atoms with Gasteiger partial charge in [0.15, 0.2) is 0 Å². The number of thioether (sulfide) groups is 1. The maximum absolute atomic E-state index is 12.8. The summed E-state index contributed by atoms with van der Waals surface area (Å²) >= 11 is 1.62. The minimum Gasteiger partial charge on any atom is -0.326 e. The van der Waals surface area contributed by atoms with Crippen molar-refractivity contribution in [3.8, 4) is 0 Å². The fourth-order valence-electron chi connectivity index (χ4n) is 2.99. The van der Waals surface area contributed by atoms with Crippen molar-refractivity contribution in [3.63, 3.8) is 0 Å².